The number of esters is 3. The van der Waals surface area contributed by atoms with E-state index in [2.05, 4.69) is 103 Å². The van der Waals surface area contributed by atoms with Gasteiger partial charge in [-0.3, -0.25) is 33.7 Å². The molecule has 13 aliphatic rings. The lowest BCUT2D eigenvalue weighted by atomic mass is 9.34. The van der Waals surface area contributed by atoms with Crippen molar-refractivity contribution in [2.75, 3.05) is 34.4 Å². The van der Waals surface area contributed by atoms with Crippen LogP contribution in [0.2, 0.25) is 0 Å². The predicted molar refractivity (Wildman–Crippen MR) is 512 cm³/mol. The second kappa shape index (κ2) is 47.2. The molecule has 11 aromatic rings. The van der Waals surface area contributed by atoms with Gasteiger partial charge in [0.05, 0.1) is 49.7 Å². The number of aliphatic hydroxyl groups is 1. The SMILES string of the molecule is CC(=O)C12CC(c3nc(C)no3)(C1)C2.CC(=O)C1CC2(C1)CC(c1nc(C)no1)C2.CC(=O)C1CCC(c2nc(C)no2)C1.CC(=O)c1ccc(-c2nc(C)no2)cc1.COC(=O)C12CCC(c3nc(C)no3)(CC1)CC2.COC(=O)C1CCC(c2nc(C)no2)CC1.COC(=O)c1ccc(CN2CCC(c3nc(C)no3)CC2)cc1.Cc1noc(C2CCC(C)C(F)C2)n1.Cc1noc(C2CCC(C)C(O)C2)n1. The Morgan fingerprint density at radius 1 is 0.389 bits per heavy atom. The molecule has 8 unspecified atom stereocenters. The van der Waals surface area contributed by atoms with E-state index >= 15 is 0 Å². The number of piperidine rings is 1. The van der Waals surface area contributed by atoms with Crippen LogP contribution in [0.3, 0.4) is 0 Å². The van der Waals surface area contributed by atoms with E-state index in [0.29, 0.717) is 152 Å². The second-order valence-corrected chi connectivity index (χ2v) is 41.9. The number of likely N-dealkylation sites (tertiary alicyclic amines) is 1. The van der Waals surface area contributed by atoms with Crippen molar-refractivity contribution in [1.29, 1.82) is 0 Å². The Labute approximate surface area is 836 Å². The Kier molecular flexibility index (Phi) is 35.2. The molecular formula is C104H138FN19O20. The zero-order valence-electron chi connectivity index (χ0n) is 86.1. The summed E-state index contributed by atoms with van der Waals surface area (Å²) in [7, 11) is 4.32. The van der Waals surface area contributed by atoms with Crippen LogP contribution in [0.15, 0.2) is 89.2 Å². The Morgan fingerprint density at radius 2 is 0.785 bits per heavy atom. The average molecular weight is 1990 g/mol. The summed E-state index contributed by atoms with van der Waals surface area (Å²) in [4.78, 5) is 120. The van der Waals surface area contributed by atoms with E-state index < -0.39 is 6.17 Å². The molecule has 776 valence electrons. The van der Waals surface area contributed by atoms with Crippen LogP contribution >= 0.6 is 0 Å². The molecule has 0 radical (unpaired) electrons. The largest absolute Gasteiger partial charge is 0.469 e. The predicted octanol–water partition coefficient (Wildman–Crippen LogP) is 18.5. The second-order valence-electron chi connectivity index (χ2n) is 41.9. The monoisotopic (exact) mass is 1990 g/mol. The first-order valence-corrected chi connectivity index (χ1v) is 50.5. The Bertz CT molecular complexity index is 5990. The summed E-state index contributed by atoms with van der Waals surface area (Å²) in [5, 5.41) is 43.8. The molecular weight excluding hydrogens is 1850 g/mol. The van der Waals surface area contributed by atoms with Crippen LogP contribution in [0.25, 0.3) is 11.5 Å². The zero-order chi connectivity index (χ0) is 103. The Morgan fingerprint density at radius 3 is 1.18 bits per heavy atom. The standard InChI is InChI=1S/C17H21N3O3.C13H18N2O3.C12H16N2O2.C11H16N2O3.C11H10N2O2.C10H15FN2O.C10H12N2O2.C10H14N2O2.C10H16N2O2/c1-12-18-16(23-19-12)14-7-9-20(10-8-14)11-13-3-5-15(6-4-13)17(21)22-2;1-9-14-10(18-15-9)12-3-6-13(7-4-12,8-5-12)11(16)17-2;1-7(15)9-3-12(4-9)5-10(6-12)11-13-8(2)14-16-11;1-7-12-10(16-13-7)8-3-5-9(6-4-8)11(14)15-2;1-7(14)9-3-5-10(6-4-9)11-12-8(2)13-15-11;1-6-3-4-8(5-9(6)11)10-12-7(2)13-14-10;1-6(13)9-3-10(4-9,5-9)8-11-7(2)12-14-8;1-6(13)8-3-4-9(5-8)10-11-7(2)12-14-10;1-6-3-4-8(5-9(6)13)10-11-7(2)12-14-10/h3-6,14H,7-11H2,1-2H3;3-8H2,1-2H3;9-10H,3-6H2,1-2H3;8-9H,3-6H2,1-2H3;3-6H,1-2H3;6,8-9H,3-5H2,1-2H3;3-5H2,1-2H3;8-9H,3-5H2,1-2H3;6,8-9,13H,3-5H2,1-2H3. The number of nitrogens with zero attached hydrogens (tertiary/aromatic N) is 19. The first-order chi connectivity index (χ1) is 68.8. The van der Waals surface area contributed by atoms with Crippen LogP contribution in [0.5, 0.6) is 0 Å². The molecule has 144 heavy (non-hydrogen) atoms. The number of halogens is 1. The molecule has 0 amide bonds. The molecule has 39 nitrogen and oxygen atoms in total. The fourth-order valence-corrected chi connectivity index (χ4v) is 22.1. The van der Waals surface area contributed by atoms with Gasteiger partial charge in [-0.25, -0.2) is 9.18 Å². The summed E-state index contributed by atoms with van der Waals surface area (Å²) in [6.45, 7) is 29.8. The number of Topliss-reactive ketones (excluding diaryl/α,β-unsaturated/α-hetero) is 4. The number of hydrogen-bond donors (Lipinski definition) is 1. The molecule has 1 saturated heterocycles. The number of aryl methyl sites for hydroxylation is 9. The maximum Gasteiger partial charge on any atom is 0.337 e. The number of alkyl halides is 1. The van der Waals surface area contributed by atoms with E-state index in [0.717, 1.165) is 222 Å². The lowest BCUT2D eigenvalue weighted by molar-refractivity contribution is -0.177. The number of rotatable bonds is 18. The Balaban J connectivity index is 0.000000129. The average Bonchev–Trinajstić information content (AvgIpc) is 1.13. The molecule has 12 saturated carbocycles. The van der Waals surface area contributed by atoms with E-state index in [1.54, 1.807) is 58.9 Å². The number of methoxy groups -OCH3 is 3. The van der Waals surface area contributed by atoms with Crippen molar-refractivity contribution in [1.82, 2.24) is 96.2 Å². The number of aromatic nitrogens is 18. The maximum atomic E-state index is 13.4. The molecule has 24 rings (SSSR count). The van der Waals surface area contributed by atoms with E-state index in [4.69, 9.17) is 54.9 Å². The summed E-state index contributed by atoms with van der Waals surface area (Å²) >= 11 is 0. The molecule has 9 aromatic heterocycles. The smallest absolute Gasteiger partial charge is 0.337 e. The molecule has 4 bridgehead atoms. The number of ketones is 4. The highest BCUT2D eigenvalue weighted by Crippen LogP contribution is 2.73. The third-order valence-electron chi connectivity index (χ3n) is 31.2. The van der Waals surface area contributed by atoms with E-state index in [1.165, 1.54) is 33.8 Å². The topological polar surface area (TPSA) is 521 Å². The highest BCUT2D eigenvalue weighted by Gasteiger charge is 2.73. The van der Waals surface area contributed by atoms with Gasteiger partial charge in [0.2, 0.25) is 47.1 Å². The first kappa shape index (κ1) is 107. The summed E-state index contributed by atoms with van der Waals surface area (Å²) in [6, 6.07) is 14.7. The number of carbonyl (C=O) groups is 7. The quantitative estimate of drug-likeness (QED) is 0.0473. The molecule has 12 aliphatic carbocycles. The minimum Gasteiger partial charge on any atom is -0.469 e. The highest BCUT2D eigenvalue weighted by molar-refractivity contribution is 5.94. The normalized spacial score (nSPS) is 27.8. The molecule has 40 heteroatoms. The van der Waals surface area contributed by atoms with Crippen LogP contribution in [0.4, 0.5) is 4.39 Å². The number of aliphatic hydroxyl groups excluding tert-OH is 1. The summed E-state index contributed by atoms with van der Waals surface area (Å²) in [6.07, 6.45) is 25.3. The van der Waals surface area contributed by atoms with Crippen molar-refractivity contribution >= 4 is 41.0 Å². The molecule has 13 fully saturated rings. The van der Waals surface area contributed by atoms with Crippen LogP contribution in [-0.2, 0) is 55.6 Å². The summed E-state index contributed by atoms with van der Waals surface area (Å²) < 4.78 is 74.3. The van der Waals surface area contributed by atoms with Gasteiger partial charge in [0.15, 0.2) is 58.2 Å². The van der Waals surface area contributed by atoms with Crippen molar-refractivity contribution in [2.45, 2.75) is 349 Å². The number of hydrogen-bond acceptors (Lipinski definition) is 39. The van der Waals surface area contributed by atoms with Crippen molar-refractivity contribution < 1.29 is 98.0 Å². The molecule has 8 atom stereocenters. The fourth-order valence-electron chi connectivity index (χ4n) is 22.1. The minimum absolute atomic E-state index is 0.0109. The third-order valence-corrected chi connectivity index (χ3v) is 31.2. The molecule has 1 N–H and O–H groups in total. The van der Waals surface area contributed by atoms with E-state index in [-0.39, 0.29) is 86.8 Å². The van der Waals surface area contributed by atoms with Crippen molar-refractivity contribution in [3.8, 4) is 11.5 Å². The zero-order valence-corrected chi connectivity index (χ0v) is 86.1. The van der Waals surface area contributed by atoms with Crippen LogP contribution in [0.1, 0.15) is 383 Å². The molecule has 2 aromatic carbocycles. The van der Waals surface area contributed by atoms with Crippen LogP contribution < -0.4 is 0 Å². The number of carbonyl (C=O) groups excluding carboxylic acids is 7. The molecule has 1 aliphatic heterocycles. The van der Waals surface area contributed by atoms with Gasteiger partial charge in [0, 0.05) is 75.8 Å². The van der Waals surface area contributed by atoms with Gasteiger partial charge in [0.25, 0.3) is 5.89 Å². The van der Waals surface area contributed by atoms with E-state index in [1.807, 2.05) is 79.7 Å². The van der Waals surface area contributed by atoms with Gasteiger partial charge < -0.3 is 60.0 Å². The van der Waals surface area contributed by atoms with Gasteiger partial charge in [0.1, 0.15) is 23.5 Å². The van der Waals surface area contributed by atoms with Crippen molar-refractivity contribution in [3.63, 3.8) is 0 Å². The van der Waals surface area contributed by atoms with Gasteiger partial charge in [-0.05, 0) is 330 Å². The lowest BCUT2D eigenvalue weighted by Crippen LogP contribution is -2.67. The number of ether oxygens (including phenoxy) is 3. The van der Waals surface area contributed by atoms with Crippen molar-refractivity contribution in [3.05, 3.63) is 165 Å². The molecule has 10 heterocycles. The lowest BCUT2D eigenvalue weighted by Gasteiger charge is -2.67. The first-order valence-electron chi connectivity index (χ1n) is 50.5. The summed E-state index contributed by atoms with van der Waals surface area (Å²) in [5.41, 5.74) is 3.52. The van der Waals surface area contributed by atoms with Crippen molar-refractivity contribution in [2.24, 2.45) is 45.8 Å². The van der Waals surface area contributed by atoms with Crippen LogP contribution in [0, 0.1) is 108 Å². The van der Waals surface area contributed by atoms with Gasteiger partial charge >= 0.3 is 17.9 Å². The summed E-state index contributed by atoms with van der Waals surface area (Å²) in [5.74, 6) is 15.8. The highest BCUT2D eigenvalue weighted by atomic mass is 19.1. The van der Waals surface area contributed by atoms with Gasteiger partial charge in [-0.2, -0.15) is 44.9 Å². The van der Waals surface area contributed by atoms with Crippen LogP contribution in [-0.4, -0.2) is 189 Å². The number of benzene rings is 2. The minimum atomic E-state index is -0.721. The Hall–Kier alpha value is -12.4. The van der Waals surface area contributed by atoms with Gasteiger partial charge in [-0.15, -0.1) is 0 Å². The number of fused-ring (bicyclic) bond motifs is 3. The maximum absolute atomic E-state index is 13.4. The van der Waals surface area contributed by atoms with E-state index in [9.17, 15) is 43.1 Å². The third kappa shape index (κ3) is 26.5. The molecule has 1 spiro atoms. The van der Waals surface area contributed by atoms with Gasteiger partial charge in [-0.1, -0.05) is 84.5 Å². The fraction of sp³-hybridized carbons (Fsp3) is 0.644.